The van der Waals surface area contributed by atoms with Crippen LogP contribution in [-0.4, -0.2) is 50.3 Å². The van der Waals surface area contributed by atoms with Crippen molar-refractivity contribution in [3.63, 3.8) is 0 Å². The molecular weight excluding hydrogens is 224 g/mol. The van der Waals surface area contributed by atoms with Crippen LogP contribution in [0, 0.1) is 11.8 Å². The molecule has 0 aromatic carbocycles. The normalized spacial score (nSPS) is 24.2. The zero-order valence-electron chi connectivity index (χ0n) is 13.0. The largest absolute Gasteiger partial charge is 0.384 e. The van der Waals surface area contributed by atoms with Gasteiger partial charge in [0.05, 0.1) is 6.61 Å². The number of likely N-dealkylation sites (tertiary alicyclic amines) is 1. The lowest BCUT2D eigenvalue weighted by molar-refractivity contribution is 0.0833. The van der Waals surface area contributed by atoms with Crippen LogP contribution in [0.1, 0.15) is 40.5 Å². The molecule has 0 aromatic heterocycles. The summed E-state index contributed by atoms with van der Waals surface area (Å²) in [6.07, 6.45) is 2.66. The molecular formula is C15H32N2O. The van der Waals surface area contributed by atoms with Gasteiger partial charge in [0.15, 0.2) is 0 Å². The molecule has 0 radical (unpaired) electrons. The second kappa shape index (κ2) is 7.46. The lowest BCUT2D eigenvalue weighted by Crippen LogP contribution is -2.44. The van der Waals surface area contributed by atoms with Crippen LogP contribution in [0.3, 0.4) is 0 Å². The van der Waals surface area contributed by atoms with Crippen molar-refractivity contribution in [1.29, 1.82) is 0 Å². The van der Waals surface area contributed by atoms with Gasteiger partial charge in [-0.1, -0.05) is 6.92 Å². The van der Waals surface area contributed by atoms with Gasteiger partial charge < -0.3 is 15.0 Å². The molecule has 1 aliphatic heterocycles. The van der Waals surface area contributed by atoms with Crippen molar-refractivity contribution < 1.29 is 4.74 Å². The second-order valence-corrected chi connectivity index (χ2v) is 6.96. The van der Waals surface area contributed by atoms with Gasteiger partial charge in [0, 0.05) is 25.7 Å². The third kappa shape index (κ3) is 6.72. The van der Waals surface area contributed by atoms with E-state index in [1.54, 1.807) is 0 Å². The Morgan fingerprint density at radius 3 is 2.72 bits per heavy atom. The Bertz CT molecular complexity index is 223. The Morgan fingerprint density at radius 1 is 1.39 bits per heavy atom. The summed E-state index contributed by atoms with van der Waals surface area (Å²) in [7, 11) is 1.81. The topological polar surface area (TPSA) is 24.5 Å². The molecule has 2 unspecified atom stereocenters. The SMILES string of the molecule is COCC1CCCN(CC(C)CNC(C)(C)C)C1. The molecule has 3 heteroatoms. The van der Waals surface area contributed by atoms with Crippen molar-refractivity contribution in [2.75, 3.05) is 39.9 Å². The Hall–Kier alpha value is -0.120. The molecule has 3 nitrogen and oxygen atoms in total. The summed E-state index contributed by atoms with van der Waals surface area (Å²) in [6.45, 7) is 14.8. The highest BCUT2D eigenvalue weighted by Crippen LogP contribution is 2.17. The van der Waals surface area contributed by atoms with Crippen LogP contribution >= 0.6 is 0 Å². The van der Waals surface area contributed by atoms with Gasteiger partial charge in [-0.15, -0.1) is 0 Å². The van der Waals surface area contributed by atoms with Crippen LogP contribution in [0.5, 0.6) is 0 Å². The summed E-state index contributed by atoms with van der Waals surface area (Å²) >= 11 is 0. The van der Waals surface area contributed by atoms with Gasteiger partial charge in [-0.05, 0) is 58.5 Å². The Kier molecular flexibility index (Phi) is 6.61. The van der Waals surface area contributed by atoms with Crippen LogP contribution in [0.2, 0.25) is 0 Å². The minimum atomic E-state index is 0.231. The van der Waals surface area contributed by atoms with Crippen molar-refractivity contribution in [2.45, 2.75) is 46.1 Å². The minimum absolute atomic E-state index is 0.231. The van der Waals surface area contributed by atoms with Crippen LogP contribution in [-0.2, 0) is 4.74 Å². The summed E-state index contributed by atoms with van der Waals surface area (Å²) < 4.78 is 5.29. The van der Waals surface area contributed by atoms with Crippen LogP contribution < -0.4 is 5.32 Å². The third-order valence-electron chi connectivity index (χ3n) is 3.56. The Morgan fingerprint density at radius 2 is 2.11 bits per heavy atom. The zero-order chi connectivity index (χ0) is 13.6. The Labute approximate surface area is 113 Å². The molecule has 0 spiro atoms. The number of methoxy groups -OCH3 is 1. The fourth-order valence-electron chi connectivity index (χ4n) is 2.67. The molecule has 0 aromatic rings. The van der Waals surface area contributed by atoms with E-state index in [2.05, 4.69) is 37.9 Å². The van der Waals surface area contributed by atoms with Gasteiger partial charge in [0.2, 0.25) is 0 Å². The predicted molar refractivity (Wildman–Crippen MR) is 78.0 cm³/mol. The fraction of sp³-hybridized carbons (Fsp3) is 1.00. The van der Waals surface area contributed by atoms with Crippen LogP contribution in [0.15, 0.2) is 0 Å². The highest BCUT2D eigenvalue weighted by Gasteiger charge is 2.21. The van der Waals surface area contributed by atoms with Gasteiger partial charge in [-0.2, -0.15) is 0 Å². The summed E-state index contributed by atoms with van der Waals surface area (Å²) in [4.78, 5) is 2.61. The number of rotatable bonds is 6. The molecule has 1 saturated heterocycles. The fourth-order valence-corrected chi connectivity index (χ4v) is 2.67. The lowest BCUT2D eigenvalue weighted by Gasteiger charge is -2.34. The highest BCUT2D eigenvalue weighted by molar-refractivity contribution is 4.77. The van der Waals surface area contributed by atoms with Crippen molar-refractivity contribution in [1.82, 2.24) is 10.2 Å². The van der Waals surface area contributed by atoms with E-state index in [4.69, 9.17) is 4.74 Å². The minimum Gasteiger partial charge on any atom is -0.384 e. The second-order valence-electron chi connectivity index (χ2n) is 6.96. The molecule has 0 bridgehead atoms. The number of piperidine rings is 1. The van der Waals surface area contributed by atoms with E-state index in [1.807, 2.05) is 7.11 Å². The number of nitrogens with zero attached hydrogens (tertiary/aromatic N) is 1. The first-order valence-corrected chi connectivity index (χ1v) is 7.37. The smallest absolute Gasteiger partial charge is 0.0502 e. The standard InChI is InChI=1S/C15H32N2O/c1-13(9-16-15(2,3)4)10-17-8-6-7-14(11-17)12-18-5/h13-14,16H,6-12H2,1-5H3. The van der Waals surface area contributed by atoms with E-state index < -0.39 is 0 Å². The van der Waals surface area contributed by atoms with Gasteiger partial charge in [0.25, 0.3) is 0 Å². The molecule has 0 amide bonds. The molecule has 18 heavy (non-hydrogen) atoms. The first-order chi connectivity index (χ1) is 8.40. The van der Waals surface area contributed by atoms with E-state index in [9.17, 15) is 0 Å². The maximum Gasteiger partial charge on any atom is 0.0502 e. The summed E-state index contributed by atoms with van der Waals surface area (Å²) in [5.74, 6) is 1.46. The molecule has 0 aliphatic carbocycles. The van der Waals surface area contributed by atoms with E-state index in [0.29, 0.717) is 5.92 Å². The Balaban J connectivity index is 2.24. The van der Waals surface area contributed by atoms with Gasteiger partial charge in [-0.25, -0.2) is 0 Å². The van der Waals surface area contributed by atoms with Crippen molar-refractivity contribution >= 4 is 0 Å². The van der Waals surface area contributed by atoms with Gasteiger partial charge in [0.1, 0.15) is 0 Å². The molecule has 1 aliphatic rings. The van der Waals surface area contributed by atoms with E-state index in [0.717, 1.165) is 19.1 Å². The molecule has 1 fully saturated rings. The van der Waals surface area contributed by atoms with E-state index in [-0.39, 0.29) is 5.54 Å². The monoisotopic (exact) mass is 256 g/mol. The number of nitrogens with one attached hydrogen (secondary N) is 1. The average molecular weight is 256 g/mol. The summed E-state index contributed by atoms with van der Waals surface area (Å²) in [5, 5.41) is 3.60. The number of hydrogen-bond donors (Lipinski definition) is 1. The van der Waals surface area contributed by atoms with Gasteiger partial charge >= 0.3 is 0 Å². The predicted octanol–water partition coefficient (Wildman–Crippen LogP) is 2.37. The van der Waals surface area contributed by atoms with Crippen molar-refractivity contribution in [2.24, 2.45) is 11.8 Å². The maximum atomic E-state index is 5.29. The molecule has 2 atom stereocenters. The van der Waals surface area contributed by atoms with Gasteiger partial charge in [-0.3, -0.25) is 0 Å². The third-order valence-corrected chi connectivity index (χ3v) is 3.56. The lowest BCUT2D eigenvalue weighted by atomic mass is 9.97. The van der Waals surface area contributed by atoms with E-state index >= 15 is 0 Å². The molecule has 1 heterocycles. The molecule has 1 N–H and O–H groups in total. The molecule has 0 saturated carbocycles. The zero-order valence-corrected chi connectivity index (χ0v) is 13.0. The van der Waals surface area contributed by atoms with Crippen LogP contribution in [0.4, 0.5) is 0 Å². The molecule has 108 valence electrons. The molecule has 1 rings (SSSR count). The summed E-state index contributed by atoms with van der Waals surface area (Å²) in [6, 6.07) is 0. The highest BCUT2D eigenvalue weighted by atomic mass is 16.5. The van der Waals surface area contributed by atoms with Crippen molar-refractivity contribution in [3.05, 3.63) is 0 Å². The summed E-state index contributed by atoms with van der Waals surface area (Å²) in [5.41, 5.74) is 0.231. The number of ether oxygens (including phenoxy) is 1. The first-order valence-electron chi connectivity index (χ1n) is 7.37. The number of hydrogen-bond acceptors (Lipinski definition) is 3. The average Bonchev–Trinajstić information content (AvgIpc) is 2.26. The quantitative estimate of drug-likeness (QED) is 0.789. The van der Waals surface area contributed by atoms with Crippen molar-refractivity contribution in [3.8, 4) is 0 Å². The van der Waals surface area contributed by atoms with E-state index in [1.165, 1.54) is 32.5 Å². The first kappa shape index (κ1) is 15.9. The van der Waals surface area contributed by atoms with Crippen LogP contribution in [0.25, 0.3) is 0 Å². The maximum absolute atomic E-state index is 5.29.